The molecule has 0 saturated carbocycles. The summed E-state index contributed by atoms with van der Waals surface area (Å²) in [6, 6.07) is 7.07. The zero-order valence-corrected chi connectivity index (χ0v) is 13.8. The van der Waals surface area contributed by atoms with Crippen molar-refractivity contribution in [1.82, 2.24) is 35.1 Å². The predicted octanol–water partition coefficient (Wildman–Crippen LogP) is 1.39. The fraction of sp³-hybridized carbons (Fsp3) is 0.267. The average Bonchev–Trinajstić information content (AvgIpc) is 3.19. The Hall–Kier alpha value is -2.74. The smallest absolute Gasteiger partial charge is 0.243 e. The van der Waals surface area contributed by atoms with E-state index in [1.54, 1.807) is 36.8 Å². The highest BCUT2D eigenvalue weighted by Gasteiger charge is 2.12. The van der Waals surface area contributed by atoms with Crippen molar-refractivity contribution in [3.05, 3.63) is 48.0 Å². The highest BCUT2D eigenvalue weighted by Crippen LogP contribution is 2.16. The molecular weight excluding hydrogens is 330 g/mol. The third-order valence-corrected chi connectivity index (χ3v) is 3.54. The zero-order valence-electron chi connectivity index (χ0n) is 13.0. The first-order valence-electron chi connectivity index (χ1n) is 7.39. The minimum atomic E-state index is -0.178. The summed E-state index contributed by atoms with van der Waals surface area (Å²) in [4.78, 5) is 17.3. The van der Waals surface area contributed by atoms with Gasteiger partial charge in [-0.2, -0.15) is 4.80 Å². The van der Waals surface area contributed by atoms with Gasteiger partial charge in [0, 0.05) is 35.6 Å². The summed E-state index contributed by atoms with van der Waals surface area (Å²) in [5.74, 6) is 0.272. The Labute approximate surface area is 143 Å². The van der Waals surface area contributed by atoms with Gasteiger partial charge >= 0.3 is 0 Å². The number of carbonyl (C=O) groups excluding carboxylic acids is 1. The maximum Gasteiger partial charge on any atom is 0.243 e. The number of hydrogen-bond acceptors (Lipinski definition) is 5. The summed E-state index contributed by atoms with van der Waals surface area (Å²) in [5.41, 5.74) is 0.791. The minimum absolute atomic E-state index is 0.00879. The number of carbonyl (C=O) groups is 1. The van der Waals surface area contributed by atoms with E-state index in [0.717, 1.165) is 5.56 Å². The predicted molar refractivity (Wildman–Crippen MR) is 88.1 cm³/mol. The molecular formula is C15H16ClN7O. The lowest BCUT2D eigenvalue weighted by molar-refractivity contribution is -0.122. The van der Waals surface area contributed by atoms with E-state index < -0.39 is 0 Å². The van der Waals surface area contributed by atoms with Gasteiger partial charge in [-0.1, -0.05) is 11.6 Å². The average molecular weight is 346 g/mol. The van der Waals surface area contributed by atoms with Crippen LogP contribution in [0.5, 0.6) is 0 Å². The molecule has 0 saturated heterocycles. The second-order valence-corrected chi connectivity index (χ2v) is 5.81. The molecule has 1 aromatic carbocycles. The van der Waals surface area contributed by atoms with Crippen LogP contribution in [-0.2, 0) is 17.9 Å². The van der Waals surface area contributed by atoms with E-state index in [0.29, 0.717) is 17.4 Å². The molecule has 0 radical (unpaired) electrons. The molecule has 0 fully saturated rings. The molecule has 0 aliphatic rings. The summed E-state index contributed by atoms with van der Waals surface area (Å²) in [6.45, 7) is 2.58. The van der Waals surface area contributed by atoms with E-state index in [4.69, 9.17) is 11.6 Å². The Balaban J connectivity index is 1.56. The lowest BCUT2D eigenvalue weighted by Crippen LogP contribution is -2.37. The van der Waals surface area contributed by atoms with Gasteiger partial charge in [-0.15, -0.1) is 10.2 Å². The fourth-order valence-electron chi connectivity index (χ4n) is 2.23. The summed E-state index contributed by atoms with van der Waals surface area (Å²) < 4.78 is 1.90. The van der Waals surface area contributed by atoms with E-state index in [9.17, 15) is 4.79 Å². The van der Waals surface area contributed by atoms with Gasteiger partial charge < -0.3 is 9.88 Å². The minimum Gasteiger partial charge on any atom is -0.350 e. The summed E-state index contributed by atoms with van der Waals surface area (Å²) in [6.07, 6.45) is 5.26. The van der Waals surface area contributed by atoms with Gasteiger partial charge in [0.15, 0.2) is 0 Å². The molecule has 9 heteroatoms. The first kappa shape index (κ1) is 16.1. The molecule has 0 aliphatic heterocycles. The van der Waals surface area contributed by atoms with Crippen molar-refractivity contribution in [2.24, 2.45) is 0 Å². The third-order valence-electron chi connectivity index (χ3n) is 3.29. The SMILES string of the molecule is CC(Cn1ccnc1)NC(=O)Cn1nnc(-c2ccc(Cl)cc2)n1. The number of nitrogens with zero attached hydrogens (tertiary/aromatic N) is 6. The Bertz CT molecular complexity index is 798. The van der Waals surface area contributed by atoms with Gasteiger partial charge in [0.2, 0.25) is 11.7 Å². The van der Waals surface area contributed by atoms with Crippen molar-refractivity contribution in [3.8, 4) is 11.4 Å². The third kappa shape index (κ3) is 4.17. The molecule has 3 aromatic rings. The molecule has 2 aromatic heterocycles. The quantitative estimate of drug-likeness (QED) is 0.729. The Morgan fingerprint density at radius 2 is 2.12 bits per heavy atom. The van der Waals surface area contributed by atoms with Crippen LogP contribution >= 0.6 is 11.6 Å². The van der Waals surface area contributed by atoms with Crippen LogP contribution in [0.4, 0.5) is 0 Å². The lowest BCUT2D eigenvalue weighted by Gasteiger charge is -2.13. The molecule has 1 unspecified atom stereocenters. The maximum atomic E-state index is 12.1. The standard InChI is InChI=1S/C15H16ClN7O/c1-11(8-22-7-6-17-10-22)18-14(24)9-23-20-15(19-21-23)12-2-4-13(16)5-3-12/h2-7,10-11H,8-9H2,1H3,(H,18,24). The van der Waals surface area contributed by atoms with Crippen LogP contribution in [0.3, 0.4) is 0 Å². The van der Waals surface area contributed by atoms with Crippen molar-refractivity contribution < 1.29 is 4.79 Å². The second-order valence-electron chi connectivity index (χ2n) is 5.38. The van der Waals surface area contributed by atoms with E-state index in [-0.39, 0.29) is 18.5 Å². The van der Waals surface area contributed by atoms with Gasteiger partial charge in [-0.25, -0.2) is 4.98 Å². The van der Waals surface area contributed by atoms with E-state index in [1.165, 1.54) is 4.80 Å². The topological polar surface area (TPSA) is 90.5 Å². The van der Waals surface area contributed by atoms with E-state index in [2.05, 4.69) is 25.7 Å². The Morgan fingerprint density at radius 3 is 2.83 bits per heavy atom. The number of benzene rings is 1. The maximum absolute atomic E-state index is 12.1. The van der Waals surface area contributed by atoms with E-state index >= 15 is 0 Å². The Kier molecular flexibility index (Phi) is 4.85. The van der Waals surface area contributed by atoms with E-state index in [1.807, 2.05) is 17.7 Å². The van der Waals surface area contributed by atoms with Crippen molar-refractivity contribution in [1.29, 1.82) is 0 Å². The molecule has 0 bridgehead atoms. The van der Waals surface area contributed by atoms with Gasteiger partial charge in [0.1, 0.15) is 6.54 Å². The number of rotatable bonds is 6. The fourth-order valence-corrected chi connectivity index (χ4v) is 2.36. The first-order valence-corrected chi connectivity index (χ1v) is 7.77. The van der Waals surface area contributed by atoms with Crippen LogP contribution in [0, 0.1) is 0 Å². The van der Waals surface area contributed by atoms with Gasteiger partial charge in [0.05, 0.1) is 6.33 Å². The van der Waals surface area contributed by atoms with Crippen molar-refractivity contribution >= 4 is 17.5 Å². The molecule has 0 spiro atoms. The number of amides is 1. The van der Waals surface area contributed by atoms with Crippen molar-refractivity contribution in [3.63, 3.8) is 0 Å². The lowest BCUT2D eigenvalue weighted by atomic mass is 10.2. The molecule has 8 nitrogen and oxygen atoms in total. The monoisotopic (exact) mass is 345 g/mol. The Morgan fingerprint density at radius 1 is 1.33 bits per heavy atom. The van der Waals surface area contributed by atoms with Crippen LogP contribution < -0.4 is 5.32 Å². The molecule has 2 heterocycles. The number of aromatic nitrogens is 6. The molecule has 1 N–H and O–H groups in total. The highest BCUT2D eigenvalue weighted by molar-refractivity contribution is 6.30. The highest BCUT2D eigenvalue weighted by atomic mass is 35.5. The van der Waals surface area contributed by atoms with Crippen LogP contribution in [0.25, 0.3) is 11.4 Å². The van der Waals surface area contributed by atoms with Gasteiger partial charge in [-0.05, 0) is 36.4 Å². The van der Waals surface area contributed by atoms with Gasteiger partial charge in [0.25, 0.3) is 0 Å². The molecule has 1 amide bonds. The van der Waals surface area contributed by atoms with Crippen LogP contribution in [-0.4, -0.2) is 41.7 Å². The van der Waals surface area contributed by atoms with Crippen molar-refractivity contribution in [2.45, 2.75) is 26.1 Å². The van der Waals surface area contributed by atoms with Crippen LogP contribution in [0.2, 0.25) is 5.02 Å². The van der Waals surface area contributed by atoms with Gasteiger partial charge in [-0.3, -0.25) is 4.79 Å². The molecule has 3 rings (SSSR count). The summed E-state index contributed by atoms with van der Waals surface area (Å²) in [5, 5.41) is 15.6. The normalized spacial score (nSPS) is 12.1. The molecule has 124 valence electrons. The molecule has 0 aliphatic carbocycles. The largest absolute Gasteiger partial charge is 0.350 e. The van der Waals surface area contributed by atoms with Crippen LogP contribution in [0.15, 0.2) is 43.0 Å². The molecule has 24 heavy (non-hydrogen) atoms. The first-order chi connectivity index (χ1) is 11.6. The molecule has 1 atom stereocenters. The summed E-state index contributed by atoms with van der Waals surface area (Å²) >= 11 is 5.85. The number of tetrazole rings is 1. The van der Waals surface area contributed by atoms with Crippen molar-refractivity contribution in [2.75, 3.05) is 0 Å². The number of halogens is 1. The number of nitrogens with one attached hydrogen (secondary N) is 1. The number of hydrogen-bond donors (Lipinski definition) is 1. The van der Waals surface area contributed by atoms with Crippen LogP contribution in [0.1, 0.15) is 6.92 Å². The zero-order chi connectivity index (χ0) is 16.9. The second kappa shape index (κ2) is 7.22. The number of imidazole rings is 1. The summed E-state index contributed by atoms with van der Waals surface area (Å²) in [7, 11) is 0.